The molecule has 0 atom stereocenters. The summed E-state index contributed by atoms with van der Waals surface area (Å²) in [5, 5.41) is 11.5. The number of furan rings is 1. The molecule has 0 radical (unpaired) electrons. The van der Waals surface area contributed by atoms with E-state index in [1.54, 1.807) is 18.2 Å². The lowest BCUT2D eigenvalue weighted by Crippen LogP contribution is -2.12. The van der Waals surface area contributed by atoms with Crippen LogP contribution < -0.4 is 5.32 Å². The molecule has 0 saturated heterocycles. The zero-order chi connectivity index (χ0) is 15.9. The summed E-state index contributed by atoms with van der Waals surface area (Å²) in [7, 11) is 0. The molecule has 22 heavy (non-hydrogen) atoms. The molecule has 0 aliphatic carbocycles. The van der Waals surface area contributed by atoms with Crippen LogP contribution in [0.25, 0.3) is 0 Å². The fraction of sp³-hybridized carbons (Fsp3) is 0.294. The van der Waals surface area contributed by atoms with Crippen molar-refractivity contribution < 1.29 is 19.1 Å². The van der Waals surface area contributed by atoms with E-state index in [0.29, 0.717) is 23.4 Å². The van der Waals surface area contributed by atoms with Crippen LogP contribution in [0.4, 0.5) is 5.69 Å². The zero-order valence-corrected chi connectivity index (χ0v) is 12.5. The predicted octanol–water partition coefficient (Wildman–Crippen LogP) is 3.50. The van der Waals surface area contributed by atoms with Gasteiger partial charge < -0.3 is 14.8 Å². The molecule has 1 aromatic carbocycles. The summed E-state index contributed by atoms with van der Waals surface area (Å²) in [4.78, 5) is 22.8. The van der Waals surface area contributed by atoms with Crippen LogP contribution in [-0.2, 0) is 17.6 Å². The second-order valence-electron chi connectivity index (χ2n) is 5.05. The van der Waals surface area contributed by atoms with E-state index in [4.69, 9.17) is 9.52 Å². The number of nitrogens with one attached hydrogen (secondary N) is 1. The minimum Gasteiger partial charge on any atom is -0.481 e. The summed E-state index contributed by atoms with van der Waals surface area (Å²) >= 11 is 0. The first-order valence-corrected chi connectivity index (χ1v) is 7.28. The van der Waals surface area contributed by atoms with Gasteiger partial charge in [0.1, 0.15) is 5.76 Å². The Bertz CT molecular complexity index is 643. The fourth-order valence-corrected chi connectivity index (χ4v) is 2.17. The Morgan fingerprint density at radius 1 is 1.14 bits per heavy atom. The highest BCUT2D eigenvalue weighted by Gasteiger charge is 2.14. The molecule has 2 rings (SSSR count). The third-order valence-electron chi connectivity index (χ3n) is 3.31. The highest BCUT2D eigenvalue weighted by atomic mass is 16.4. The van der Waals surface area contributed by atoms with Gasteiger partial charge in [0.05, 0.1) is 11.8 Å². The molecule has 0 unspecified atom stereocenters. The molecule has 0 bridgehead atoms. The zero-order valence-electron chi connectivity index (χ0n) is 12.5. The quantitative estimate of drug-likeness (QED) is 0.820. The van der Waals surface area contributed by atoms with Crippen LogP contribution in [0, 0.1) is 0 Å². The maximum Gasteiger partial charge on any atom is 0.303 e. The number of anilines is 1. The Morgan fingerprint density at radius 2 is 1.86 bits per heavy atom. The number of hydrogen-bond acceptors (Lipinski definition) is 3. The van der Waals surface area contributed by atoms with Crippen molar-refractivity contribution in [2.24, 2.45) is 0 Å². The van der Waals surface area contributed by atoms with E-state index in [2.05, 4.69) is 5.32 Å². The molecule has 116 valence electrons. The highest BCUT2D eigenvalue weighted by molar-refractivity contribution is 6.04. The number of carbonyl (C=O) groups excluding carboxylic acids is 1. The summed E-state index contributed by atoms with van der Waals surface area (Å²) in [6.07, 6.45) is 3.73. The summed E-state index contributed by atoms with van der Waals surface area (Å²) in [5.41, 5.74) is 2.15. The third-order valence-corrected chi connectivity index (χ3v) is 3.31. The Balaban J connectivity index is 1.99. The maximum atomic E-state index is 12.2. The lowest BCUT2D eigenvalue weighted by Gasteiger charge is -2.06. The minimum atomic E-state index is -0.819. The van der Waals surface area contributed by atoms with Gasteiger partial charge in [-0.15, -0.1) is 0 Å². The number of carboxylic acid groups (broad SMARTS) is 1. The van der Waals surface area contributed by atoms with Gasteiger partial charge in [0.2, 0.25) is 0 Å². The molecule has 1 heterocycles. The van der Waals surface area contributed by atoms with Gasteiger partial charge in [0.25, 0.3) is 5.91 Å². The SMILES string of the molecule is CCCc1occc1C(=O)Nc1ccc(CCC(=O)O)cc1. The van der Waals surface area contributed by atoms with Gasteiger partial charge >= 0.3 is 5.97 Å². The molecule has 5 nitrogen and oxygen atoms in total. The van der Waals surface area contributed by atoms with E-state index in [1.165, 1.54) is 6.26 Å². The van der Waals surface area contributed by atoms with Crippen LogP contribution in [-0.4, -0.2) is 17.0 Å². The molecular formula is C17H19NO4. The van der Waals surface area contributed by atoms with Crippen molar-refractivity contribution in [1.82, 2.24) is 0 Å². The molecular weight excluding hydrogens is 282 g/mol. The van der Waals surface area contributed by atoms with Gasteiger partial charge in [-0.2, -0.15) is 0 Å². The predicted molar refractivity (Wildman–Crippen MR) is 83.1 cm³/mol. The largest absolute Gasteiger partial charge is 0.481 e. The summed E-state index contributed by atoms with van der Waals surface area (Å²) in [6, 6.07) is 8.85. The Labute approximate surface area is 129 Å². The molecule has 5 heteroatoms. The standard InChI is InChI=1S/C17H19NO4/c1-2-3-15-14(10-11-22-15)17(21)18-13-7-4-12(5-8-13)6-9-16(19)20/h4-5,7-8,10-11H,2-3,6,9H2,1H3,(H,18,21)(H,19,20). The van der Waals surface area contributed by atoms with Crippen LogP contribution in [0.1, 0.15) is 41.4 Å². The van der Waals surface area contributed by atoms with Crippen molar-refractivity contribution in [3.63, 3.8) is 0 Å². The van der Waals surface area contributed by atoms with Crippen LogP contribution >= 0.6 is 0 Å². The molecule has 1 aromatic heterocycles. The maximum absolute atomic E-state index is 12.2. The molecule has 0 spiro atoms. The number of carboxylic acids is 1. The number of hydrogen-bond donors (Lipinski definition) is 2. The molecule has 0 aliphatic rings. The monoisotopic (exact) mass is 301 g/mol. The topological polar surface area (TPSA) is 79.5 Å². The first-order chi connectivity index (χ1) is 10.6. The van der Waals surface area contributed by atoms with Crippen molar-refractivity contribution in [1.29, 1.82) is 0 Å². The van der Waals surface area contributed by atoms with Crippen molar-refractivity contribution in [3.8, 4) is 0 Å². The smallest absolute Gasteiger partial charge is 0.303 e. The van der Waals surface area contributed by atoms with Gasteiger partial charge in [-0.1, -0.05) is 19.1 Å². The van der Waals surface area contributed by atoms with E-state index in [9.17, 15) is 9.59 Å². The molecule has 0 saturated carbocycles. The summed E-state index contributed by atoms with van der Waals surface area (Å²) < 4.78 is 5.32. The van der Waals surface area contributed by atoms with Crippen molar-refractivity contribution in [2.45, 2.75) is 32.6 Å². The molecule has 2 aromatic rings. The third kappa shape index (κ3) is 4.22. The first kappa shape index (κ1) is 15.8. The van der Waals surface area contributed by atoms with Gasteiger partial charge in [0.15, 0.2) is 0 Å². The van der Waals surface area contributed by atoms with Gasteiger partial charge in [-0.3, -0.25) is 9.59 Å². The van der Waals surface area contributed by atoms with E-state index in [-0.39, 0.29) is 12.3 Å². The van der Waals surface area contributed by atoms with Crippen molar-refractivity contribution >= 4 is 17.6 Å². The first-order valence-electron chi connectivity index (χ1n) is 7.28. The highest BCUT2D eigenvalue weighted by Crippen LogP contribution is 2.16. The Morgan fingerprint density at radius 3 is 2.50 bits per heavy atom. The second-order valence-corrected chi connectivity index (χ2v) is 5.05. The average Bonchev–Trinajstić information content (AvgIpc) is 2.95. The van der Waals surface area contributed by atoms with Crippen LogP contribution in [0.15, 0.2) is 41.0 Å². The van der Waals surface area contributed by atoms with Gasteiger partial charge in [0, 0.05) is 18.5 Å². The van der Waals surface area contributed by atoms with E-state index < -0.39 is 5.97 Å². The van der Waals surface area contributed by atoms with Crippen LogP contribution in [0.5, 0.6) is 0 Å². The second kappa shape index (κ2) is 7.45. The Hall–Kier alpha value is -2.56. The van der Waals surface area contributed by atoms with E-state index in [0.717, 1.165) is 18.4 Å². The van der Waals surface area contributed by atoms with E-state index >= 15 is 0 Å². The molecule has 2 N–H and O–H groups in total. The van der Waals surface area contributed by atoms with Gasteiger partial charge in [-0.25, -0.2) is 0 Å². The summed E-state index contributed by atoms with van der Waals surface area (Å²) in [5.74, 6) is -0.325. The number of aryl methyl sites for hydroxylation is 2. The summed E-state index contributed by atoms with van der Waals surface area (Å²) in [6.45, 7) is 2.03. The van der Waals surface area contributed by atoms with Crippen LogP contribution in [0.2, 0.25) is 0 Å². The number of aliphatic carboxylic acids is 1. The molecule has 0 fully saturated rings. The average molecular weight is 301 g/mol. The Kier molecular flexibility index (Phi) is 5.36. The number of amides is 1. The fourth-order valence-electron chi connectivity index (χ4n) is 2.17. The minimum absolute atomic E-state index is 0.0983. The van der Waals surface area contributed by atoms with Crippen molar-refractivity contribution in [3.05, 3.63) is 53.5 Å². The lowest BCUT2D eigenvalue weighted by atomic mass is 10.1. The number of benzene rings is 1. The number of rotatable bonds is 7. The lowest BCUT2D eigenvalue weighted by molar-refractivity contribution is -0.136. The molecule has 0 aliphatic heterocycles. The van der Waals surface area contributed by atoms with Gasteiger partial charge in [-0.05, 0) is 36.6 Å². The van der Waals surface area contributed by atoms with Crippen LogP contribution in [0.3, 0.4) is 0 Å². The van der Waals surface area contributed by atoms with E-state index in [1.807, 2.05) is 19.1 Å². The van der Waals surface area contributed by atoms with Crippen molar-refractivity contribution in [2.75, 3.05) is 5.32 Å². The molecule has 1 amide bonds. The normalized spacial score (nSPS) is 10.4. The number of carbonyl (C=O) groups is 2.